The Balaban J connectivity index is 1.49. The van der Waals surface area contributed by atoms with Gasteiger partial charge in [0, 0.05) is 11.4 Å². The Kier molecular flexibility index (Phi) is 3.96. The van der Waals surface area contributed by atoms with Crippen LogP contribution < -0.4 is 10.6 Å². The number of aromatic nitrogens is 3. The van der Waals surface area contributed by atoms with E-state index >= 15 is 0 Å². The van der Waals surface area contributed by atoms with Crippen LogP contribution in [0.1, 0.15) is 31.4 Å². The second-order valence-electron chi connectivity index (χ2n) is 4.94. The van der Waals surface area contributed by atoms with E-state index in [-0.39, 0.29) is 6.03 Å². The Morgan fingerprint density at radius 1 is 1.45 bits per heavy atom. The lowest BCUT2D eigenvalue weighted by Gasteiger charge is -2.11. The highest BCUT2D eigenvalue weighted by molar-refractivity contribution is 7.08. The average molecular weight is 291 g/mol. The van der Waals surface area contributed by atoms with Crippen molar-refractivity contribution in [1.82, 2.24) is 25.6 Å². The van der Waals surface area contributed by atoms with Gasteiger partial charge < -0.3 is 10.6 Å². The molecule has 2 aromatic heterocycles. The Hall–Kier alpha value is -1.89. The number of carbonyl (C=O) groups is 1. The zero-order chi connectivity index (χ0) is 13.8. The molecule has 2 N–H and O–H groups in total. The number of urea groups is 1. The van der Waals surface area contributed by atoms with Crippen molar-refractivity contribution in [1.29, 1.82) is 0 Å². The molecule has 0 atom stereocenters. The standard InChI is InChI=1S/C13H17N5OS/c19-13(15-10-3-1-2-4-10)14-7-11-8-18(17-16-11)12-5-6-20-9-12/h5-6,8-10H,1-4,7H2,(H2,14,15,19). The largest absolute Gasteiger partial charge is 0.335 e. The number of amides is 2. The molecule has 20 heavy (non-hydrogen) atoms. The van der Waals surface area contributed by atoms with Crippen molar-refractivity contribution in [3.8, 4) is 5.69 Å². The van der Waals surface area contributed by atoms with Gasteiger partial charge in [0.1, 0.15) is 5.69 Å². The topological polar surface area (TPSA) is 71.8 Å². The van der Waals surface area contributed by atoms with Crippen LogP contribution in [-0.2, 0) is 6.54 Å². The van der Waals surface area contributed by atoms with Crippen LogP contribution in [0.15, 0.2) is 23.0 Å². The number of nitrogens with one attached hydrogen (secondary N) is 2. The van der Waals surface area contributed by atoms with Crippen molar-refractivity contribution in [3.05, 3.63) is 28.7 Å². The fraction of sp³-hybridized carbons (Fsp3) is 0.462. The van der Waals surface area contributed by atoms with Gasteiger partial charge in [0.2, 0.25) is 0 Å². The van der Waals surface area contributed by atoms with Crippen LogP contribution in [0.2, 0.25) is 0 Å². The van der Waals surface area contributed by atoms with Gasteiger partial charge in [-0.15, -0.1) is 5.10 Å². The van der Waals surface area contributed by atoms with Gasteiger partial charge in [-0.05, 0) is 24.3 Å². The fourth-order valence-corrected chi connectivity index (χ4v) is 2.99. The summed E-state index contributed by atoms with van der Waals surface area (Å²) < 4.78 is 1.71. The summed E-state index contributed by atoms with van der Waals surface area (Å²) in [6.07, 6.45) is 6.42. The molecule has 2 amide bonds. The van der Waals surface area contributed by atoms with Gasteiger partial charge >= 0.3 is 6.03 Å². The van der Waals surface area contributed by atoms with Gasteiger partial charge in [0.25, 0.3) is 0 Å². The lowest BCUT2D eigenvalue weighted by molar-refractivity contribution is 0.236. The predicted molar refractivity (Wildman–Crippen MR) is 76.9 cm³/mol. The summed E-state index contributed by atoms with van der Waals surface area (Å²) in [7, 11) is 0. The van der Waals surface area contributed by atoms with E-state index in [1.54, 1.807) is 16.0 Å². The summed E-state index contributed by atoms with van der Waals surface area (Å²) >= 11 is 1.61. The first-order chi connectivity index (χ1) is 9.81. The molecule has 0 spiro atoms. The van der Waals surface area contributed by atoms with Crippen molar-refractivity contribution >= 4 is 17.4 Å². The monoisotopic (exact) mass is 291 g/mol. The molecular weight excluding hydrogens is 274 g/mol. The molecule has 0 aliphatic heterocycles. The molecule has 1 fully saturated rings. The minimum Gasteiger partial charge on any atom is -0.335 e. The average Bonchev–Trinajstić information content (AvgIpc) is 3.18. The van der Waals surface area contributed by atoms with Gasteiger partial charge in [0.15, 0.2) is 0 Å². The first-order valence-corrected chi connectivity index (χ1v) is 7.74. The molecule has 2 heterocycles. The Bertz CT molecular complexity index is 559. The molecule has 0 radical (unpaired) electrons. The van der Waals surface area contributed by atoms with Gasteiger partial charge in [0.05, 0.1) is 18.4 Å². The summed E-state index contributed by atoms with van der Waals surface area (Å²) in [6.45, 7) is 0.392. The van der Waals surface area contributed by atoms with Crippen molar-refractivity contribution in [2.75, 3.05) is 0 Å². The number of rotatable bonds is 4. The lowest BCUT2D eigenvalue weighted by Crippen LogP contribution is -2.40. The normalized spacial score (nSPS) is 15.4. The van der Waals surface area contributed by atoms with E-state index in [0.29, 0.717) is 12.6 Å². The van der Waals surface area contributed by atoms with Crippen molar-refractivity contribution in [3.63, 3.8) is 0 Å². The van der Waals surface area contributed by atoms with E-state index < -0.39 is 0 Å². The van der Waals surface area contributed by atoms with Crippen molar-refractivity contribution in [2.24, 2.45) is 0 Å². The zero-order valence-electron chi connectivity index (χ0n) is 11.1. The molecule has 2 aromatic rings. The summed E-state index contributed by atoms with van der Waals surface area (Å²) in [5.74, 6) is 0. The lowest BCUT2D eigenvalue weighted by atomic mass is 10.2. The summed E-state index contributed by atoms with van der Waals surface area (Å²) in [5, 5.41) is 17.9. The molecule has 0 unspecified atom stereocenters. The molecule has 3 rings (SSSR count). The van der Waals surface area contributed by atoms with Gasteiger partial charge in [-0.2, -0.15) is 11.3 Å². The number of hydrogen-bond acceptors (Lipinski definition) is 4. The first-order valence-electron chi connectivity index (χ1n) is 6.79. The third kappa shape index (κ3) is 3.16. The minimum absolute atomic E-state index is 0.123. The molecule has 1 aliphatic carbocycles. The van der Waals surface area contributed by atoms with E-state index in [2.05, 4.69) is 20.9 Å². The van der Waals surface area contributed by atoms with Crippen LogP contribution in [-0.4, -0.2) is 27.1 Å². The second kappa shape index (κ2) is 6.04. The maximum absolute atomic E-state index is 11.7. The predicted octanol–water partition coefficient (Wildman–Crippen LogP) is 2.07. The number of carbonyl (C=O) groups excluding carboxylic acids is 1. The van der Waals surface area contributed by atoms with Gasteiger partial charge in [-0.25, -0.2) is 9.48 Å². The van der Waals surface area contributed by atoms with E-state index in [1.165, 1.54) is 12.8 Å². The van der Waals surface area contributed by atoms with E-state index in [1.807, 2.05) is 23.0 Å². The van der Waals surface area contributed by atoms with Crippen molar-refractivity contribution in [2.45, 2.75) is 38.3 Å². The van der Waals surface area contributed by atoms with E-state index in [0.717, 1.165) is 24.2 Å². The SMILES string of the molecule is O=C(NCc1cn(-c2ccsc2)nn1)NC1CCCC1. The fourth-order valence-electron chi connectivity index (χ4n) is 2.37. The summed E-state index contributed by atoms with van der Waals surface area (Å²) in [6, 6.07) is 2.18. The maximum Gasteiger partial charge on any atom is 0.315 e. The maximum atomic E-state index is 11.7. The van der Waals surface area contributed by atoms with Gasteiger partial charge in [-0.1, -0.05) is 18.1 Å². The molecule has 0 aromatic carbocycles. The van der Waals surface area contributed by atoms with Crippen LogP contribution in [0.3, 0.4) is 0 Å². The number of thiophene rings is 1. The highest BCUT2D eigenvalue weighted by Gasteiger charge is 2.16. The van der Waals surface area contributed by atoms with Crippen molar-refractivity contribution < 1.29 is 4.79 Å². The molecule has 1 saturated carbocycles. The van der Waals surface area contributed by atoms with Crippen LogP contribution in [0.4, 0.5) is 4.79 Å². The molecule has 0 saturated heterocycles. The van der Waals surface area contributed by atoms with Gasteiger partial charge in [-0.3, -0.25) is 0 Å². The Morgan fingerprint density at radius 3 is 3.05 bits per heavy atom. The van der Waals surface area contributed by atoms with Crippen LogP contribution in [0.5, 0.6) is 0 Å². The van der Waals surface area contributed by atoms with Crippen LogP contribution in [0, 0.1) is 0 Å². The first kappa shape index (κ1) is 13.1. The number of nitrogens with zero attached hydrogens (tertiary/aromatic N) is 3. The summed E-state index contributed by atoms with van der Waals surface area (Å²) in [4.78, 5) is 11.7. The third-order valence-corrected chi connectivity index (χ3v) is 4.10. The number of hydrogen-bond donors (Lipinski definition) is 2. The molecular formula is C13H17N5OS. The van der Waals surface area contributed by atoms with Crippen LogP contribution in [0.25, 0.3) is 5.69 Å². The smallest absolute Gasteiger partial charge is 0.315 e. The van der Waals surface area contributed by atoms with E-state index in [9.17, 15) is 4.79 Å². The molecule has 7 heteroatoms. The quantitative estimate of drug-likeness (QED) is 0.906. The second-order valence-corrected chi connectivity index (χ2v) is 5.72. The third-order valence-electron chi connectivity index (χ3n) is 3.43. The highest BCUT2D eigenvalue weighted by atomic mass is 32.1. The summed E-state index contributed by atoms with van der Waals surface area (Å²) in [5.41, 5.74) is 1.74. The Morgan fingerprint density at radius 2 is 2.30 bits per heavy atom. The molecule has 6 nitrogen and oxygen atoms in total. The van der Waals surface area contributed by atoms with Crippen LogP contribution >= 0.6 is 11.3 Å². The zero-order valence-corrected chi connectivity index (χ0v) is 11.9. The van der Waals surface area contributed by atoms with E-state index in [4.69, 9.17) is 0 Å². The molecule has 0 bridgehead atoms. The Labute approximate surface area is 121 Å². The highest BCUT2D eigenvalue weighted by Crippen LogP contribution is 2.17. The molecule has 106 valence electrons. The molecule has 1 aliphatic rings. The minimum atomic E-state index is -0.123.